The molecule has 17 heavy (non-hydrogen) atoms. The molecule has 1 nitrogen and oxygen atoms in total. The van der Waals surface area contributed by atoms with Crippen LogP contribution in [0.2, 0.25) is 5.02 Å². The number of rotatable bonds is 1. The lowest BCUT2D eigenvalue weighted by Crippen LogP contribution is -1.97. The maximum absolute atomic E-state index is 9.97. The zero-order valence-electron chi connectivity index (χ0n) is 9.28. The van der Waals surface area contributed by atoms with Gasteiger partial charge in [0.05, 0.1) is 5.02 Å². The number of fused-ring (bicyclic) bond motifs is 1. The molecule has 0 saturated carbocycles. The van der Waals surface area contributed by atoms with Crippen LogP contribution in [0.3, 0.4) is 0 Å². The molecule has 0 aromatic heterocycles. The first-order valence-electron chi connectivity index (χ1n) is 5.74. The molecule has 2 aromatic rings. The standard InChI is InChI=1S/C15H12ClO/c16-13-6-3-7-14(17)15(13)12-9-8-10-4-1-2-5-11(10)12/h1-5,7,12,17H,8-9H2. The van der Waals surface area contributed by atoms with Gasteiger partial charge in [-0.15, -0.1) is 0 Å². The predicted molar refractivity (Wildman–Crippen MR) is 68.6 cm³/mol. The van der Waals surface area contributed by atoms with Gasteiger partial charge in [0.1, 0.15) is 5.75 Å². The number of halogens is 1. The average Bonchev–Trinajstić information content (AvgIpc) is 2.73. The first-order chi connectivity index (χ1) is 8.27. The van der Waals surface area contributed by atoms with Crippen molar-refractivity contribution in [2.75, 3.05) is 0 Å². The molecule has 0 amide bonds. The quantitative estimate of drug-likeness (QED) is 0.805. The lowest BCUT2D eigenvalue weighted by atomic mass is 9.92. The summed E-state index contributed by atoms with van der Waals surface area (Å²) in [5.74, 6) is 0.478. The Hall–Kier alpha value is -1.47. The highest BCUT2D eigenvalue weighted by Crippen LogP contribution is 2.43. The van der Waals surface area contributed by atoms with Crippen LogP contribution in [0, 0.1) is 6.07 Å². The van der Waals surface area contributed by atoms with E-state index in [2.05, 4.69) is 24.3 Å². The lowest BCUT2D eigenvalue weighted by molar-refractivity contribution is 0.464. The van der Waals surface area contributed by atoms with Gasteiger partial charge in [0.2, 0.25) is 0 Å². The van der Waals surface area contributed by atoms with E-state index in [0.717, 1.165) is 18.4 Å². The molecule has 1 aliphatic rings. The molecule has 0 bridgehead atoms. The van der Waals surface area contributed by atoms with Gasteiger partial charge in [-0.1, -0.05) is 35.9 Å². The Labute approximate surface area is 106 Å². The van der Waals surface area contributed by atoms with Gasteiger partial charge in [0.25, 0.3) is 0 Å². The maximum Gasteiger partial charge on any atom is 0.120 e. The molecule has 0 spiro atoms. The summed E-state index contributed by atoms with van der Waals surface area (Å²) in [6, 6.07) is 14.6. The average molecular weight is 244 g/mol. The van der Waals surface area contributed by atoms with Crippen molar-refractivity contribution in [3.63, 3.8) is 0 Å². The van der Waals surface area contributed by atoms with Gasteiger partial charge in [0.15, 0.2) is 0 Å². The Kier molecular flexibility index (Phi) is 2.56. The SMILES string of the molecule is Oc1cc[c]c(Cl)c1C1CCc2ccccc21. The maximum atomic E-state index is 9.97. The topological polar surface area (TPSA) is 20.2 Å². The summed E-state index contributed by atoms with van der Waals surface area (Å²) in [4.78, 5) is 0. The van der Waals surface area contributed by atoms with Crippen molar-refractivity contribution in [3.05, 3.63) is 64.2 Å². The Morgan fingerprint density at radius 2 is 2.06 bits per heavy atom. The highest BCUT2D eigenvalue weighted by Gasteiger charge is 2.27. The molecule has 1 N–H and O–H groups in total. The number of hydrogen-bond donors (Lipinski definition) is 1. The third-order valence-corrected chi connectivity index (χ3v) is 3.76. The molecule has 1 unspecified atom stereocenters. The predicted octanol–water partition coefficient (Wildman–Crippen LogP) is 3.92. The Morgan fingerprint density at radius 1 is 1.24 bits per heavy atom. The summed E-state index contributed by atoms with van der Waals surface area (Å²) >= 11 is 6.16. The fourth-order valence-electron chi connectivity index (χ4n) is 2.66. The molecule has 0 heterocycles. The summed E-state index contributed by atoms with van der Waals surface area (Å²) in [5.41, 5.74) is 3.46. The number of hydrogen-bond acceptors (Lipinski definition) is 1. The first-order valence-corrected chi connectivity index (χ1v) is 6.12. The summed E-state index contributed by atoms with van der Waals surface area (Å²) in [5, 5.41) is 10.5. The van der Waals surface area contributed by atoms with Crippen LogP contribution >= 0.6 is 11.6 Å². The Balaban J connectivity index is 2.13. The van der Waals surface area contributed by atoms with E-state index in [1.165, 1.54) is 11.1 Å². The van der Waals surface area contributed by atoms with Crippen molar-refractivity contribution in [3.8, 4) is 5.75 Å². The van der Waals surface area contributed by atoms with Crippen LogP contribution < -0.4 is 0 Å². The second-order valence-electron chi connectivity index (χ2n) is 4.38. The van der Waals surface area contributed by atoms with Gasteiger partial charge in [-0.05, 0) is 36.1 Å². The molecule has 2 heteroatoms. The van der Waals surface area contributed by atoms with Gasteiger partial charge in [-0.25, -0.2) is 0 Å². The van der Waals surface area contributed by atoms with E-state index in [9.17, 15) is 5.11 Å². The minimum atomic E-state index is 0.205. The van der Waals surface area contributed by atoms with Gasteiger partial charge in [-0.3, -0.25) is 0 Å². The molecule has 0 saturated heterocycles. The number of benzene rings is 2. The summed E-state index contributed by atoms with van der Waals surface area (Å²) in [7, 11) is 0. The van der Waals surface area contributed by atoms with Crippen LogP contribution in [0.4, 0.5) is 0 Å². The highest BCUT2D eigenvalue weighted by atomic mass is 35.5. The van der Waals surface area contributed by atoms with Gasteiger partial charge in [0, 0.05) is 17.5 Å². The third-order valence-electron chi connectivity index (χ3n) is 3.45. The van der Waals surface area contributed by atoms with Crippen molar-refractivity contribution >= 4 is 11.6 Å². The van der Waals surface area contributed by atoms with E-state index in [0.29, 0.717) is 5.02 Å². The minimum Gasteiger partial charge on any atom is -0.508 e. The summed E-state index contributed by atoms with van der Waals surface area (Å²) in [6.07, 6.45) is 2.05. The molecule has 85 valence electrons. The van der Waals surface area contributed by atoms with Gasteiger partial charge < -0.3 is 5.11 Å². The second-order valence-corrected chi connectivity index (χ2v) is 4.76. The van der Waals surface area contributed by atoms with E-state index in [-0.39, 0.29) is 11.7 Å². The smallest absolute Gasteiger partial charge is 0.120 e. The van der Waals surface area contributed by atoms with Crippen molar-refractivity contribution < 1.29 is 5.11 Å². The molecule has 0 fully saturated rings. The van der Waals surface area contributed by atoms with Gasteiger partial charge in [-0.2, -0.15) is 0 Å². The third kappa shape index (κ3) is 1.71. The first kappa shape index (κ1) is 10.7. The molecular formula is C15H12ClO. The van der Waals surface area contributed by atoms with Crippen molar-refractivity contribution in [1.82, 2.24) is 0 Å². The highest BCUT2D eigenvalue weighted by molar-refractivity contribution is 6.31. The van der Waals surface area contributed by atoms with E-state index in [4.69, 9.17) is 11.6 Å². The molecule has 3 rings (SSSR count). The molecule has 1 atom stereocenters. The van der Waals surface area contributed by atoms with E-state index < -0.39 is 0 Å². The number of phenols is 1. The van der Waals surface area contributed by atoms with Crippen LogP contribution in [0.5, 0.6) is 5.75 Å². The van der Waals surface area contributed by atoms with Crippen LogP contribution in [-0.2, 0) is 6.42 Å². The normalized spacial score (nSPS) is 18.1. The van der Waals surface area contributed by atoms with Gasteiger partial charge >= 0.3 is 0 Å². The van der Waals surface area contributed by atoms with Crippen molar-refractivity contribution in [2.24, 2.45) is 0 Å². The molecule has 0 aliphatic heterocycles. The zero-order chi connectivity index (χ0) is 11.8. The van der Waals surface area contributed by atoms with Crippen molar-refractivity contribution in [1.29, 1.82) is 0 Å². The summed E-state index contributed by atoms with van der Waals surface area (Å²) < 4.78 is 0. The van der Waals surface area contributed by atoms with Crippen molar-refractivity contribution in [2.45, 2.75) is 18.8 Å². The number of aryl methyl sites for hydroxylation is 1. The Bertz CT molecular complexity index is 542. The fourth-order valence-corrected chi connectivity index (χ4v) is 2.95. The largest absolute Gasteiger partial charge is 0.508 e. The number of phenolic OH excluding ortho intramolecular Hbond substituents is 1. The summed E-state index contributed by atoms with van der Waals surface area (Å²) in [6.45, 7) is 0. The van der Waals surface area contributed by atoms with E-state index >= 15 is 0 Å². The second kappa shape index (κ2) is 4.08. The molecule has 1 radical (unpaired) electrons. The lowest BCUT2D eigenvalue weighted by Gasteiger charge is -2.15. The van der Waals surface area contributed by atoms with Crippen LogP contribution in [0.15, 0.2) is 36.4 Å². The Morgan fingerprint density at radius 3 is 2.88 bits per heavy atom. The fraction of sp³-hybridized carbons (Fsp3) is 0.200. The number of aromatic hydroxyl groups is 1. The van der Waals surface area contributed by atoms with Crippen LogP contribution in [0.1, 0.15) is 29.0 Å². The van der Waals surface area contributed by atoms with Crippen LogP contribution in [0.25, 0.3) is 0 Å². The molecular weight excluding hydrogens is 232 g/mol. The van der Waals surface area contributed by atoms with E-state index in [1.54, 1.807) is 12.1 Å². The zero-order valence-corrected chi connectivity index (χ0v) is 10.0. The molecule has 1 aliphatic carbocycles. The molecule has 2 aromatic carbocycles. The van der Waals surface area contributed by atoms with Crippen LogP contribution in [-0.4, -0.2) is 5.11 Å². The van der Waals surface area contributed by atoms with E-state index in [1.807, 2.05) is 6.07 Å². The monoisotopic (exact) mass is 243 g/mol. The minimum absolute atomic E-state index is 0.205.